The van der Waals surface area contributed by atoms with Gasteiger partial charge in [0.05, 0.1) is 18.7 Å². The Morgan fingerprint density at radius 3 is 2.90 bits per heavy atom. The number of nitrogens with zero attached hydrogens (tertiary/aromatic N) is 1. The molecule has 3 rings (SSSR count). The third kappa shape index (κ3) is 2.58. The molecule has 1 saturated heterocycles. The normalized spacial score (nSPS) is 25.5. The van der Waals surface area contributed by atoms with E-state index in [0.717, 1.165) is 24.8 Å². The number of hydrogen-bond acceptors (Lipinski definition) is 4. The molecule has 0 bridgehead atoms. The molecule has 114 valence electrons. The molecule has 1 aliphatic heterocycles. The number of ether oxygens (including phenoxy) is 1. The molecule has 1 aliphatic carbocycles. The van der Waals surface area contributed by atoms with E-state index in [1.54, 1.807) is 23.2 Å². The molecule has 2 heterocycles. The molecule has 0 spiro atoms. The summed E-state index contributed by atoms with van der Waals surface area (Å²) in [6.45, 7) is 2.73. The van der Waals surface area contributed by atoms with Crippen LogP contribution in [0.3, 0.4) is 0 Å². The monoisotopic (exact) mass is 308 g/mol. The van der Waals surface area contributed by atoms with E-state index in [1.807, 2.05) is 5.38 Å². The molecule has 6 heteroatoms. The smallest absolute Gasteiger partial charge is 0.255 e. The largest absolute Gasteiger partial charge is 0.367 e. The minimum atomic E-state index is -1.08. The molecular formula is C15H20N2O3S. The summed E-state index contributed by atoms with van der Waals surface area (Å²) in [4.78, 5) is 27.3. The number of morpholine rings is 1. The van der Waals surface area contributed by atoms with Crippen molar-refractivity contribution < 1.29 is 14.3 Å². The molecule has 1 aromatic rings. The third-order valence-corrected chi connectivity index (χ3v) is 5.46. The number of carbonyl (C=O) groups excluding carboxylic acids is 2. The van der Waals surface area contributed by atoms with Crippen molar-refractivity contribution in [2.75, 3.05) is 19.7 Å². The quantitative estimate of drug-likeness (QED) is 0.896. The summed E-state index contributed by atoms with van der Waals surface area (Å²) in [5, 5.41) is 1.97. The molecule has 2 N–H and O–H groups in total. The first-order valence-electron chi connectivity index (χ1n) is 7.33. The van der Waals surface area contributed by atoms with Crippen LogP contribution in [0.4, 0.5) is 0 Å². The van der Waals surface area contributed by atoms with Crippen LogP contribution in [0.2, 0.25) is 0 Å². The van der Waals surface area contributed by atoms with Gasteiger partial charge in [-0.2, -0.15) is 0 Å². The molecule has 1 unspecified atom stereocenters. The number of primary amides is 1. The van der Waals surface area contributed by atoms with E-state index in [1.165, 1.54) is 16.9 Å². The van der Waals surface area contributed by atoms with Gasteiger partial charge in [0.2, 0.25) is 0 Å². The van der Waals surface area contributed by atoms with Crippen LogP contribution in [0.1, 0.15) is 40.6 Å². The van der Waals surface area contributed by atoms with Gasteiger partial charge in [-0.05, 0) is 38.2 Å². The predicted octanol–water partition coefficient (Wildman–Crippen LogP) is 1.34. The molecule has 21 heavy (non-hydrogen) atoms. The first kappa shape index (κ1) is 14.5. The van der Waals surface area contributed by atoms with Crippen molar-refractivity contribution in [3.8, 4) is 0 Å². The highest BCUT2D eigenvalue weighted by molar-refractivity contribution is 7.10. The molecule has 2 aliphatic rings. The second-order valence-electron chi connectivity index (χ2n) is 5.93. The number of aryl methyl sites for hydroxylation is 1. The van der Waals surface area contributed by atoms with E-state index in [4.69, 9.17) is 10.5 Å². The van der Waals surface area contributed by atoms with Crippen molar-refractivity contribution >= 4 is 23.2 Å². The molecule has 5 nitrogen and oxygen atoms in total. The second kappa shape index (κ2) is 5.42. The molecular weight excluding hydrogens is 288 g/mol. The lowest BCUT2D eigenvalue weighted by atomic mass is 9.95. The third-order valence-electron chi connectivity index (χ3n) is 4.37. The van der Waals surface area contributed by atoms with Gasteiger partial charge >= 0.3 is 0 Å². The lowest BCUT2D eigenvalue weighted by Gasteiger charge is -2.38. The molecule has 1 atom stereocenters. The van der Waals surface area contributed by atoms with Crippen LogP contribution in [0, 0.1) is 0 Å². The number of amides is 2. The number of carbonyl (C=O) groups is 2. The van der Waals surface area contributed by atoms with Crippen molar-refractivity contribution in [1.82, 2.24) is 4.90 Å². The van der Waals surface area contributed by atoms with Crippen LogP contribution in [-0.4, -0.2) is 42.0 Å². The van der Waals surface area contributed by atoms with Gasteiger partial charge in [-0.3, -0.25) is 9.59 Å². The van der Waals surface area contributed by atoms with Crippen LogP contribution < -0.4 is 5.73 Å². The van der Waals surface area contributed by atoms with Gasteiger partial charge in [-0.15, -0.1) is 11.3 Å². The Hall–Kier alpha value is -1.40. The molecule has 1 fully saturated rings. The standard InChI is InChI=1S/C15H20N2O3S/c1-15(14(16)19)9-17(6-7-20-15)13(18)11-8-21-12-5-3-2-4-10(11)12/h8H,2-7,9H2,1H3,(H2,16,19). The van der Waals surface area contributed by atoms with Crippen LogP contribution in [-0.2, 0) is 22.4 Å². The predicted molar refractivity (Wildman–Crippen MR) is 80.4 cm³/mol. The topological polar surface area (TPSA) is 72.6 Å². The van der Waals surface area contributed by atoms with Gasteiger partial charge in [-0.25, -0.2) is 0 Å². The number of hydrogen-bond donors (Lipinski definition) is 1. The van der Waals surface area contributed by atoms with Crippen LogP contribution in [0.15, 0.2) is 5.38 Å². The average Bonchev–Trinajstić information content (AvgIpc) is 2.90. The lowest BCUT2D eigenvalue weighted by molar-refractivity contribution is -0.150. The Kier molecular flexibility index (Phi) is 3.75. The maximum atomic E-state index is 12.8. The Morgan fingerprint density at radius 1 is 1.38 bits per heavy atom. The highest BCUT2D eigenvalue weighted by Gasteiger charge is 2.40. The van der Waals surface area contributed by atoms with E-state index in [9.17, 15) is 9.59 Å². The zero-order valence-electron chi connectivity index (χ0n) is 12.2. The van der Waals surface area contributed by atoms with Crippen molar-refractivity contribution in [1.29, 1.82) is 0 Å². The van der Waals surface area contributed by atoms with Gasteiger partial charge in [0.15, 0.2) is 5.60 Å². The molecule has 2 amide bonds. The molecule has 0 aromatic carbocycles. The van der Waals surface area contributed by atoms with Gasteiger partial charge in [0, 0.05) is 16.8 Å². The van der Waals surface area contributed by atoms with Crippen molar-refractivity contribution in [3.05, 3.63) is 21.4 Å². The van der Waals surface area contributed by atoms with Crippen LogP contribution in [0.25, 0.3) is 0 Å². The van der Waals surface area contributed by atoms with Gasteiger partial charge in [0.1, 0.15) is 0 Å². The fourth-order valence-electron chi connectivity index (χ4n) is 3.04. The Balaban J connectivity index is 1.82. The van der Waals surface area contributed by atoms with Gasteiger partial charge < -0.3 is 15.4 Å². The second-order valence-corrected chi connectivity index (χ2v) is 6.89. The summed E-state index contributed by atoms with van der Waals surface area (Å²) in [7, 11) is 0. The first-order valence-corrected chi connectivity index (χ1v) is 8.21. The zero-order valence-corrected chi connectivity index (χ0v) is 13.0. The summed E-state index contributed by atoms with van der Waals surface area (Å²) in [6.07, 6.45) is 4.41. The summed E-state index contributed by atoms with van der Waals surface area (Å²) in [6, 6.07) is 0. The number of rotatable bonds is 2. The molecule has 0 radical (unpaired) electrons. The van der Waals surface area contributed by atoms with Gasteiger partial charge in [-0.1, -0.05) is 0 Å². The fourth-order valence-corrected chi connectivity index (χ4v) is 4.16. The Bertz CT molecular complexity index is 583. The van der Waals surface area contributed by atoms with E-state index in [-0.39, 0.29) is 12.5 Å². The number of nitrogens with two attached hydrogens (primary N) is 1. The highest BCUT2D eigenvalue weighted by Crippen LogP contribution is 2.31. The Morgan fingerprint density at radius 2 is 2.14 bits per heavy atom. The minimum Gasteiger partial charge on any atom is -0.367 e. The maximum Gasteiger partial charge on any atom is 0.255 e. The summed E-state index contributed by atoms with van der Waals surface area (Å²) in [5.74, 6) is -0.516. The Labute approximate surface area is 128 Å². The van der Waals surface area contributed by atoms with Crippen LogP contribution >= 0.6 is 11.3 Å². The van der Waals surface area contributed by atoms with Gasteiger partial charge in [0.25, 0.3) is 11.8 Å². The summed E-state index contributed by atoms with van der Waals surface area (Å²) < 4.78 is 5.47. The van der Waals surface area contributed by atoms with Crippen molar-refractivity contribution in [3.63, 3.8) is 0 Å². The maximum absolute atomic E-state index is 12.8. The zero-order chi connectivity index (χ0) is 15.0. The number of fused-ring (bicyclic) bond motifs is 1. The summed E-state index contributed by atoms with van der Waals surface area (Å²) in [5.41, 5.74) is 6.33. The fraction of sp³-hybridized carbons (Fsp3) is 0.600. The highest BCUT2D eigenvalue weighted by atomic mass is 32.1. The SMILES string of the molecule is CC1(C(N)=O)CN(C(=O)c2csc3c2CCCC3)CCO1. The number of thiophene rings is 1. The van der Waals surface area contributed by atoms with E-state index >= 15 is 0 Å². The van der Waals surface area contributed by atoms with Crippen molar-refractivity contribution in [2.24, 2.45) is 5.73 Å². The van der Waals surface area contributed by atoms with Crippen LogP contribution in [0.5, 0.6) is 0 Å². The minimum absolute atomic E-state index is 0.00479. The van der Waals surface area contributed by atoms with E-state index in [0.29, 0.717) is 13.2 Å². The molecule has 0 saturated carbocycles. The summed E-state index contributed by atoms with van der Waals surface area (Å²) >= 11 is 1.68. The first-order chi connectivity index (χ1) is 10.0. The van der Waals surface area contributed by atoms with Crippen molar-refractivity contribution in [2.45, 2.75) is 38.2 Å². The van der Waals surface area contributed by atoms with E-state index in [2.05, 4.69) is 0 Å². The molecule has 1 aromatic heterocycles. The lowest BCUT2D eigenvalue weighted by Crippen LogP contribution is -2.58. The average molecular weight is 308 g/mol. The van der Waals surface area contributed by atoms with E-state index < -0.39 is 11.5 Å².